The van der Waals surface area contributed by atoms with Crippen molar-refractivity contribution in [2.24, 2.45) is 0 Å². The average molecular weight is 395 g/mol. The predicted molar refractivity (Wildman–Crippen MR) is 107 cm³/mol. The Morgan fingerprint density at radius 2 is 1.81 bits per heavy atom. The third kappa shape index (κ3) is 5.31. The van der Waals surface area contributed by atoms with E-state index in [1.165, 1.54) is 0 Å². The van der Waals surface area contributed by atoms with Gasteiger partial charge in [0.05, 0.1) is 11.5 Å². The van der Waals surface area contributed by atoms with Crippen LogP contribution in [0.15, 0.2) is 24.3 Å². The number of carbonyl (C=O) groups excluding carboxylic acids is 2. The van der Waals surface area contributed by atoms with Crippen molar-refractivity contribution in [1.82, 2.24) is 10.2 Å². The Bertz CT molecular complexity index is 794. The molecule has 0 saturated carbocycles. The zero-order valence-corrected chi connectivity index (χ0v) is 17.6. The van der Waals surface area contributed by atoms with Crippen molar-refractivity contribution in [3.8, 4) is 0 Å². The molecule has 0 radical (unpaired) electrons. The van der Waals surface area contributed by atoms with Crippen LogP contribution in [-0.4, -0.2) is 55.3 Å². The lowest BCUT2D eigenvalue weighted by Crippen LogP contribution is -2.51. The molecular formula is C20H30N2O4S. The number of carbonyl (C=O) groups is 2. The van der Waals surface area contributed by atoms with Crippen molar-refractivity contribution < 1.29 is 18.0 Å². The van der Waals surface area contributed by atoms with E-state index in [1.54, 1.807) is 24.0 Å². The molecule has 1 aliphatic rings. The van der Waals surface area contributed by atoms with Crippen molar-refractivity contribution in [1.29, 1.82) is 0 Å². The number of nitrogens with one attached hydrogen (secondary N) is 1. The summed E-state index contributed by atoms with van der Waals surface area (Å²) in [5.74, 6) is -0.449. The molecule has 1 N–H and O–H groups in total. The molecule has 2 amide bonds. The van der Waals surface area contributed by atoms with Gasteiger partial charge in [-0.3, -0.25) is 9.59 Å². The number of hydrogen-bond acceptors (Lipinski definition) is 4. The summed E-state index contributed by atoms with van der Waals surface area (Å²) >= 11 is 0. The summed E-state index contributed by atoms with van der Waals surface area (Å²) in [4.78, 5) is 26.8. The highest BCUT2D eigenvalue weighted by Gasteiger charge is 2.35. The van der Waals surface area contributed by atoms with Crippen molar-refractivity contribution in [3.05, 3.63) is 35.4 Å². The maximum absolute atomic E-state index is 12.7. The highest BCUT2D eigenvalue weighted by atomic mass is 32.2. The molecule has 0 aromatic heterocycles. The Hall–Kier alpha value is -1.89. The summed E-state index contributed by atoms with van der Waals surface area (Å²) in [6, 6.07) is 6.33. The number of benzene rings is 1. The first-order valence-electron chi connectivity index (χ1n) is 9.37. The highest BCUT2D eigenvalue weighted by Crippen LogP contribution is 2.22. The van der Waals surface area contributed by atoms with E-state index in [9.17, 15) is 18.0 Å². The smallest absolute Gasteiger partial charge is 0.251 e. The Balaban J connectivity index is 2.03. The van der Waals surface area contributed by atoms with Crippen molar-refractivity contribution in [2.75, 3.05) is 18.1 Å². The van der Waals surface area contributed by atoms with Crippen molar-refractivity contribution >= 4 is 21.7 Å². The molecule has 1 heterocycles. The summed E-state index contributed by atoms with van der Waals surface area (Å²) in [5.41, 5.74) is 1.62. The minimum Gasteiger partial charge on any atom is -0.341 e. The topological polar surface area (TPSA) is 83.6 Å². The summed E-state index contributed by atoms with van der Waals surface area (Å²) in [5, 5.41) is 2.73. The molecule has 0 spiro atoms. The molecule has 150 valence electrons. The molecule has 0 aliphatic carbocycles. The van der Waals surface area contributed by atoms with Crippen LogP contribution in [-0.2, 0) is 20.0 Å². The fourth-order valence-electron chi connectivity index (χ4n) is 3.33. The van der Waals surface area contributed by atoms with Crippen LogP contribution in [0.4, 0.5) is 0 Å². The average Bonchev–Trinajstić information content (AvgIpc) is 2.94. The van der Waals surface area contributed by atoms with Gasteiger partial charge in [-0.1, -0.05) is 32.9 Å². The van der Waals surface area contributed by atoms with Gasteiger partial charge in [-0.05, 0) is 43.4 Å². The van der Waals surface area contributed by atoms with E-state index in [-0.39, 0.29) is 34.8 Å². The van der Waals surface area contributed by atoms with E-state index in [0.717, 1.165) is 5.56 Å². The fourth-order valence-corrected chi connectivity index (χ4v) is 5.06. The minimum absolute atomic E-state index is 0.00150. The van der Waals surface area contributed by atoms with Crippen LogP contribution in [0.25, 0.3) is 0 Å². The molecular weight excluding hydrogens is 364 g/mol. The molecule has 1 saturated heterocycles. The first kappa shape index (κ1) is 21.4. The van der Waals surface area contributed by atoms with Gasteiger partial charge >= 0.3 is 0 Å². The lowest BCUT2D eigenvalue weighted by atomic mass is 9.86. The first-order chi connectivity index (χ1) is 12.4. The number of amides is 2. The van der Waals surface area contributed by atoms with Gasteiger partial charge in [-0.25, -0.2) is 8.42 Å². The third-order valence-corrected chi connectivity index (χ3v) is 6.75. The lowest BCUT2D eigenvalue weighted by Gasteiger charge is -2.29. The van der Waals surface area contributed by atoms with Gasteiger partial charge in [0.25, 0.3) is 5.91 Å². The van der Waals surface area contributed by atoms with Crippen LogP contribution in [0.2, 0.25) is 0 Å². The Morgan fingerprint density at radius 3 is 2.26 bits per heavy atom. The number of sulfone groups is 1. The van der Waals surface area contributed by atoms with Crippen LogP contribution in [0, 0.1) is 0 Å². The summed E-state index contributed by atoms with van der Waals surface area (Å²) in [6.07, 6.45) is 0.455. The first-order valence-corrected chi connectivity index (χ1v) is 11.2. The van der Waals surface area contributed by atoms with Gasteiger partial charge in [0, 0.05) is 18.2 Å². The van der Waals surface area contributed by atoms with E-state index in [2.05, 4.69) is 26.1 Å². The molecule has 1 aromatic rings. The van der Waals surface area contributed by atoms with Crippen molar-refractivity contribution in [2.45, 2.75) is 58.5 Å². The molecule has 1 fully saturated rings. The van der Waals surface area contributed by atoms with Gasteiger partial charge in [0.15, 0.2) is 9.84 Å². The largest absolute Gasteiger partial charge is 0.341 e. The minimum atomic E-state index is -3.07. The zero-order valence-electron chi connectivity index (χ0n) is 16.8. The van der Waals surface area contributed by atoms with Crippen molar-refractivity contribution in [3.63, 3.8) is 0 Å². The maximum Gasteiger partial charge on any atom is 0.251 e. The number of hydrogen-bond donors (Lipinski definition) is 1. The Labute approximate surface area is 162 Å². The van der Waals surface area contributed by atoms with Crippen LogP contribution in [0.3, 0.4) is 0 Å². The van der Waals surface area contributed by atoms with Crippen LogP contribution < -0.4 is 5.32 Å². The molecule has 27 heavy (non-hydrogen) atoms. The second-order valence-electron chi connectivity index (χ2n) is 8.20. The molecule has 6 nitrogen and oxygen atoms in total. The number of rotatable bonds is 5. The SMILES string of the molecule is CCN(C(=O)[C@@H](C)NC(=O)c1ccc(C(C)(C)C)cc1)[C@@H]1CCS(=O)(=O)C1. The van der Waals surface area contributed by atoms with E-state index >= 15 is 0 Å². The van der Waals surface area contributed by atoms with Gasteiger partial charge in [0.2, 0.25) is 5.91 Å². The van der Waals surface area contributed by atoms with Crippen LogP contribution >= 0.6 is 0 Å². The summed E-state index contributed by atoms with van der Waals surface area (Å²) in [6.45, 7) is 10.2. The van der Waals surface area contributed by atoms with Gasteiger partial charge < -0.3 is 10.2 Å². The molecule has 2 rings (SSSR count). The van der Waals surface area contributed by atoms with E-state index < -0.39 is 15.9 Å². The van der Waals surface area contributed by atoms with E-state index in [1.807, 2.05) is 19.1 Å². The van der Waals surface area contributed by atoms with Gasteiger partial charge in [-0.2, -0.15) is 0 Å². The number of nitrogens with zero attached hydrogens (tertiary/aromatic N) is 1. The number of likely N-dealkylation sites (N-methyl/N-ethyl adjacent to an activating group) is 1. The molecule has 2 atom stereocenters. The second-order valence-corrected chi connectivity index (χ2v) is 10.4. The van der Waals surface area contributed by atoms with Gasteiger partial charge in [-0.15, -0.1) is 0 Å². The molecule has 1 aromatic carbocycles. The van der Waals surface area contributed by atoms with Crippen LogP contribution in [0.5, 0.6) is 0 Å². The lowest BCUT2D eigenvalue weighted by molar-refractivity contribution is -0.134. The van der Waals surface area contributed by atoms with Crippen LogP contribution in [0.1, 0.15) is 57.0 Å². The normalized spacial score (nSPS) is 20.1. The second kappa shape index (κ2) is 8.00. The molecule has 0 bridgehead atoms. The molecule has 7 heteroatoms. The fraction of sp³-hybridized carbons (Fsp3) is 0.600. The monoisotopic (exact) mass is 394 g/mol. The molecule has 0 unspecified atom stereocenters. The summed E-state index contributed by atoms with van der Waals surface area (Å²) < 4.78 is 23.4. The van der Waals surface area contributed by atoms with Gasteiger partial charge in [0.1, 0.15) is 6.04 Å². The van der Waals surface area contributed by atoms with E-state index in [0.29, 0.717) is 18.5 Å². The quantitative estimate of drug-likeness (QED) is 0.829. The maximum atomic E-state index is 12.7. The van der Waals surface area contributed by atoms with E-state index in [4.69, 9.17) is 0 Å². The third-order valence-electron chi connectivity index (χ3n) is 5.00. The predicted octanol–water partition coefficient (Wildman–Crippen LogP) is 2.14. The standard InChI is InChI=1S/C20H30N2O4S/c1-6-22(17-11-12-27(25,26)13-17)19(24)14(2)21-18(23)15-7-9-16(10-8-15)20(3,4)5/h7-10,14,17H,6,11-13H2,1-5H3,(H,21,23)/t14-,17-/m1/s1. The molecule has 1 aliphatic heterocycles. The highest BCUT2D eigenvalue weighted by molar-refractivity contribution is 7.91. The zero-order chi connectivity index (χ0) is 20.4. The summed E-state index contributed by atoms with van der Waals surface area (Å²) in [7, 11) is -3.07. The Morgan fingerprint density at radius 1 is 1.22 bits per heavy atom. The Kier molecular flexibility index (Phi) is 6.35.